The van der Waals surface area contributed by atoms with Crippen molar-refractivity contribution in [2.24, 2.45) is 4.99 Å². The van der Waals surface area contributed by atoms with Gasteiger partial charge in [0.05, 0.1) is 12.1 Å². The van der Waals surface area contributed by atoms with E-state index in [0.29, 0.717) is 13.1 Å². The molecule has 0 saturated heterocycles. The molecular weight excluding hydrogens is 190 g/mol. The first kappa shape index (κ1) is 12.0. The van der Waals surface area contributed by atoms with Gasteiger partial charge >= 0.3 is 0 Å². The maximum Gasteiger partial charge on any atom is 0.191 e. The van der Waals surface area contributed by atoms with Gasteiger partial charge in [0, 0.05) is 13.1 Å². The number of hydrogen-bond donors (Lipinski definition) is 3. The van der Waals surface area contributed by atoms with E-state index in [1.54, 1.807) is 6.08 Å². The smallest absolute Gasteiger partial charge is 0.191 e. The number of hydrogen-bond acceptors (Lipinski definition) is 2. The summed E-state index contributed by atoms with van der Waals surface area (Å²) in [5.74, 6) is 0.748. The van der Waals surface area contributed by atoms with E-state index in [9.17, 15) is 5.11 Å². The summed E-state index contributed by atoms with van der Waals surface area (Å²) in [6.07, 6.45) is 4.64. The lowest BCUT2D eigenvalue weighted by Crippen LogP contribution is -2.43. The molecule has 3 N–H and O–H groups in total. The number of nitrogens with one attached hydrogen (secondary N) is 2. The maximum atomic E-state index is 9.87. The largest absolute Gasteiger partial charge is 0.388 e. The molecule has 4 nitrogen and oxygen atoms in total. The van der Waals surface area contributed by atoms with Crippen LogP contribution in [-0.4, -0.2) is 36.3 Å². The topological polar surface area (TPSA) is 56.7 Å². The molecule has 0 heterocycles. The standard InChI is InChI=1S/C11H21N3O/c1-3-8-13-10(12-4-2)14-9-11(15)6-5-7-11/h3,15H,1,4-9H2,2H3,(H2,12,13,14). The molecule has 4 heteroatoms. The van der Waals surface area contributed by atoms with E-state index in [4.69, 9.17) is 0 Å². The van der Waals surface area contributed by atoms with Crippen LogP contribution in [0.25, 0.3) is 0 Å². The number of nitrogens with zero attached hydrogens (tertiary/aromatic N) is 1. The molecule has 0 aromatic carbocycles. The third-order valence-corrected chi connectivity index (χ3v) is 2.57. The van der Waals surface area contributed by atoms with Crippen LogP contribution in [-0.2, 0) is 0 Å². The lowest BCUT2D eigenvalue weighted by atomic mass is 9.80. The van der Waals surface area contributed by atoms with Crippen LogP contribution >= 0.6 is 0 Å². The molecule has 0 aliphatic heterocycles. The molecule has 0 amide bonds. The molecule has 1 rings (SSSR count). The van der Waals surface area contributed by atoms with Crippen molar-refractivity contribution in [1.82, 2.24) is 10.6 Å². The van der Waals surface area contributed by atoms with Gasteiger partial charge in [-0.3, -0.25) is 4.99 Å². The van der Waals surface area contributed by atoms with Crippen LogP contribution in [0.4, 0.5) is 0 Å². The predicted molar refractivity (Wildman–Crippen MR) is 63.0 cm³/mol. The van der Waals surface area contributed by atoms with Crippen LogP contribution in [0.15, 0.2) is 17.6 Å². The Bertz CT molecular complexity index is 234. The monoisotopic (exact) mass is 211 g/mol. The van der Waals surface area contributed by atoms with Gasteiger partial charge in [0.2, 0.25) is 0 Å². The molecule has 1 aliphatic rings. The second kappa shape index (κ2) is 5.75. The molecule has 0 aromatic heterocycles. The Morgan fingerprint density at radius 3 is 2.73 bits per heavy atom. The van der Waals surface area contributed by atoms with Gasteiger partial charge in [0.15, 0.2) is 5.96 Å². The lowest BCUT2D eigenvalue weighted by Gasteiger charge is -2.35. The van der Waals surface area contributed by atoms with E-state index >= 15 is 0 Å². The van der Waals surface area contributed by atoms with E-state index in [1.807, 2.05) is 6.92 Å². The van der Waals surface area contributed by atoms with Crippen LogP contribution < -0.4 is 10.6 Å². The minimum Gasteiger partial charge on any atom is -0.388 e. The van der Waals surface area contributed by atoms with Crippen molar-refractivity contribution < 1.29 is 5.11 Å². The summed E-state index contributed by atoms with van der Waals surface area (Å²) >= 11 is 0. The first-order valence-electron chi connectivity index (χ1n) is 5.55. The zero-order valence-corrected chi connectivity index (χ0v) is 9.42. The fourth-order valence-corrected chi connectivity index (χ4v) is 1.48. The maximum absolute atomic E-state index is 9.87. The minimum atomic E-state index is -0.545. The van der Waals surface area contributed by atoms with Crippen molar-refractivity contribution in [2.45, 2.75) is 31.8 Å². The summed E-state index contributed by atoms with van der Waals surface area (Å²) in [5, 5.41) is 16.1. The van der Waals surface area contributed by atoms with Gasteiger partial charge < -0.3 is 15.7 Å². The summed E-state index contributed by atoms with van der Waals surface area (Å²) in [5.41, 5.74) is -0.545. The molecule has 15 heavy (non-hydrogen) atoms. The van der Waals surface area contributed by atoms with Crippen molar-refractivity contribution in [1.29, 1.82) is 0 Å². The quantitative estimate of drug-likeness (QED) is 0.355. The molecule has 0 bridgehead atoms. The summed E-state index contributed by atoms with van der Waals surface area (Å²) < 4.78 is 0. The van der Waals surface area contributed by atoms with Gasteiger partial charge in [-0.15, -0.1) is 6.58 Å². The Morgan fingerprint density at radius 1 is 1.53 bits per heavy atom. The van der Waals surface area contributed by atoms with Crippen molar-refractivity contribution in [2.75, 3.05) is 19.6 Å². The Hall–Kier alpha value is -1.03. The van der Waals surface area contributed by atoms with E-state index in [-0.39, 0.29) is 0 Å². The van der Waals surface area contributed by atoms with Crippen molar-refractivity contribution in [3.63, 3.8) is 0 Å². The van der Waals surface area contributed by atoms with Gasteiger partial charge in [0.25, 0.3) is 0 Å². The van der Waals surface area contributed by atoms with E-state index in [0.717, 1.165) is 31.8 Å². The van der Waals surface area contributed by atoms with Crippen molar-refractivity contribution in [3.05, 3.63) is 12.7 Å². The molecule has 0 unspecified atom stereocenters. The van der Waals surface area contributed by atoms with Crippen LogP contribution in [0.5, 0.6) is 0 Å². The first-order valence-corrected chi connectivity index (χ1v) is 5.55. The molecule has 0 radical (unpaired) electrons. The molecule has 0 spiro atoms. The number of aliphatic imine (C=N–C) groups is 1. The van der Waals surface area contributed by atoms with Gasteiger partial charge in [-0.2, -0.15) is 0 Å². The zero-order valence-electron chi connectivity index (χ0n) is 9.42. The SMILES string of the molecule is C=CCNC(=NCC1(O)CCC1)NCC. The van der Waals surface area contributed by atoms with Crippen LogP contribution in [0.3, 0.4) is 0 Å². The van der Waals surface area contributed by atoms with Gasteiger partial charge in [-0.25, -0.2) is 0 Å². The number of guanidine groups is 1. The molecule has 1 saturated carbocycles. The highest BCUT2D eigenvalue weighted by atomic mass is 16.3. The second-order valence-electron chi connectivity index (χ2n) is 3.94. The fourth-order valence-electron chi connectivity index (χ4n) is 1.48. The molecular formula is C11H21N3O. The summed E-state index contributed by atoms with van der Waals surface area (Å²) in [6, 6.07) is 0. The fraction of sp³-hybridized carbons (Fsp3) is 0.727. The van der Waals surface area contributed by atoms with Crippen LogP contribution in [0.2, 0.25) is 0 Å². The number of rotatable bonds is 5. The second-order valence-corrected chi connectivity index (χ2v) is 3.94. The highest BCUT2D eigenvalue weighted by Crippen LogP contribution is 2.31. The highest BCUT2D eigenvalue weighted by Gasteiger charge is 2.33. The normalized spacial score (nSPS) is 19.2. The van der Waals surface area contributed by atoms with E-state index in [1.165, 1.54) is 0 Å². The summed E-state index contributed by atoms with van der Waals surface area (Å²) in [4.78, 5) is 4.34. The number of aliphatic hydroxyl groups is 1. The Kier molecular flexibility index (Phi) is 4.62. The summed E-state index contributed by atoms with van der Waals surface area (Å²) in [7, 11) is 0. The van der Waals surface area contributed by atoms with Crippen molar-refractivity contribution >= 4 is 5.96 Å². The first-order chi connectivity index (χ1) is 7.20. The van der Waals surface area contributed by atoms with E-state index < -0.39 is 5.60 Å². The third kappa shape index (κ3) is 3.91. The molecule has 0 atom stereocenters. The third-order valence-electron chi connectivity index (χ3n) is 2.57. The van der Waals surface area contributed by atoms with Crippen molar-refractivity contribution in [3.8, 4) is 0 Å². The van der Waals surface area contributed by atoms with E-state index in [2.05, 4.69) is 22.2 Å². The predicted octanol–water partition coefficient (Wildman–Crippen LogP) is 0.642. The Labute approximate surface area is 91.5 Å². The lowest BCUT2D eigenvalue weighted by molar-refractivity contribution is -0.0236. The Morgan fingerprint density at radius 2 is 2.27 bits per heavy atom. The average molecular weight is 211 g/mol. The summed E-state index contributed by atoms with van der Waals surface area (Å²) in [6.45, 7) is 7.64. The van der Waals surface area contributed by atoms with Gasteiger partial charge in [-0.05, 0) is 26.2 Å². The highest BCUT2D eigenvalue weighted by molar-refractivity contribution is 5.79. The Balaban J connectivity index is 2.38. The average Bonchev–Trinajstić information content (AvgIpc) is 2.19. The zero-order chi connectivity index (χ0) is 11.1. The molecule has 86 valence electrons. The molecule has 1 fully saturated rings. The van der Waals surface area contributed by atoms with Gasteiger partial charge in [-0.1, -0.05) is 6.08 Å². The van der Waals surface area contributed by atoms with Crippen LogP contribution in [0.1, 0.15) is 26.2 Å². The minimum absolute atomic E-state index is 0.486. The molecule has 1 aliphatic carbocycles. The van der Waals surface area contributed by atoms with Crippen LogP contribution in [0, 0.1) is 0 Å². The molecule has 0 aromatic rings. The van der Waals surface area contributed by atoms with Gasteiger partial charge in [0.1, 0.15) is 0 Å².